The van der Waals surface area contributed by atoms with Crippen LogP contribution in [0.3, 0.4) is 0 Å². The van der Waals surface area contributed by atoms with Crippen LogP contribution in [0.4, 0.5) is 4.39 Å². The Labute approximate surface area is 111 Å². The van der Waals surface area contributed by atoms with E-state index in [2.05, 4.69) is 14.3 Å². The van der Waals surface area contributed by atoms with Gasteiger partial charge in [-0.25, -0.2) is 9.97 Å². The van der Waals surface area contributed by atoms with Crippen LogP contribution in [0.15, 0.2) is 29.3 Å². The fourth-order valence-electron chi connectivity index (χ4n) is 1.84. The fourth-order valence-corrected chi connectivity index (χ4v) is 2.57. The van der Waals surface area contributed by atoms with Crippen LogP contribution in [0.2, 0.25) is 0 Å². The Morgan fingerprint density at radius 1 is 1.42 bits per heavy atom. The van der Waals surface area contributed by atoms with Crippen molar-refractivity contribution in [3.05, 3.63) is 52.2 Å². The van der Waals surface area contributed by atoms with E-state index in [1.54, 1.807) is 19.1 Å². The van der Waals surface area contributed by atoms with Crippen LogP contribution < -0.4 is 5.56 Å². The highest BCUT2D eigenvalue weighted by Gasteiger charge is 2.10. The Morgan fingerprint density at radius 2 is 2.26 bits per heavy atom. The summed E-state index contributed by atoms with van der Waals surface area (Å²) in [6.07, 6.45) is 1.44. The van der Waals surface area contributed by atoms with Crippen LogP contribution in [-0.4, -0.2) is 18.9 Å². The second-order valence-electron chi connectivity index (χ2n) is 4.08. The third-order valence-electron chi connectivity index (χ3n) is 2.74. The summed E-state index contributed by atoms with van der Waals surface area (Å²) in [5.41, 5.74) is 0.963. The molecule has 0 saturated heterocycles. The van der Waals surface area contributed by atoms with Gasteiger partial charge in [0.2, 0.25) is 5.95 Å². The maximum atomic E-state index is 13.0. The average molecular weight is 276 g/mol. The molecule has 5 nitrogen and oxygen atoms in total. The van der Waals surface area contributed by atoms with Gasteiger partial charge in [0.25, 0.3) is 5.56 Å². The van der Waals surface area contributed by atoms with E-state index in [9.17, 15) is 9.18 Å². The lowest BCUT2D eigenvalue weighted by atomic mass is 10.3. The van der Waals surface area contributed by atoms with Crippen LogP contribution in [-0.2, 0) is 6.54 Å². The highest BCUT2D eigenvalue weighted by Crippen LogP contribution is 2.15. The van der Waals surface area contributed by atoms with Gasteiger partial charge in [0, 0.05) is 0 Å². The first-order valence-corrected chi connectivity index (χ1v) is 6.35. The molecular formula is C12H9FN4OS. The topological polar surface area (TPSA) is 60.7 Å². The van der Waals surface area contributed by atoms with Crippen LogP contribution >= 0.6 is 11.5 Å². The lowest BCUT2D eigenvalue weighted by Gasteiger charge is -2.04. The van der Waals surface area contributed by atoms with E-state index in [1.165, 1.54) is 28.5 Å². The summed E-state index contributed by atoms with van der Waals surface area (Å²) in [6, 6.07) is 4.49. The van der Waals surface area contributed by atoms with E-state index < -0.39 is 5.95 Å². The molecule has 0 spiro atoms. The first-order chi connectivity index (χ1) is 9.15. The number of halogens is 1. The average Bonchev–Trinajstić information content (AvgIpc) is 2.75. The molecule has 0 aliphatic rings. The third-order valence-corrected chi connectivity index (χ3v) is 3.59. The molecule has 3 heterocycles. The van der Waals surface area contributed by atoms with Crippen molar-refractivity contribution in [1.29, 1.82) is 0 Å². The standard InChI is InChI=1S/C12H9FN4OS/c1-7-10-11(19-16-7)14-6-17(12(10)18)5-8-3-2-4-9(13)15-8/h2-4,6H,5H2,1H3. The molecule has 0 amide bonds. The molecule has 7 heteroatoms. The Balaban J connectivity index is 2.08. The lowest BCUT2D eigenvalue weighted by Crippen LogP contribution is -2.21. The second-order valence-corrected chi connectivity index (χ2v) is 4.83. The Hall–Kier alpha value is -2.15. The van der Waals surface area contributed by atoms with Crippen LogP contribution in [0.5, 0.6) is 0 Å². The van der Waals surface area contributed by atoms with Gasteiger partial charge in [0.1, 0.15) is 0 Å². The quantitative estimate of drug-likeness (QED) is 0.669. The summed E-state index contributed by atoms with van der Waals surface area (Å²) in [5.74, 6) is -0.562. The van der Waals surface area contributed by atoms with Gasteiger partial charge in [-0.05, 0) is 30.6 Å². The minimum Gasteiger partial charge on any atom is -0.293 e. The fraction of sp³-hybridized carbons (Fsp3) is 0.167. The molecule has 19 heavy (non-hydrogen) atoms. The molecule has 0 aliphatic heterocycles. The molecule has 0 unspecified atom stereocenters. The summed E-state index contributed by atoms with van der Waals surface area (Å²) in [6.45, 7) is 1.96. The largest absolute Gasteiger partial charge is 0.293 e. The lowest BCUT2D eigenvalue weighted by molar-refractivity contribution is 0.571. The molecule has 0 N–H and O–H groups in total. The molecule has 96 valence electrons. The van der Waals surface area contributed by atoms with E-state index in [0.29, 0.717) is 21.6 Å². The SMILES string of the molecule is Cc1nsc2ncn(Cc3cccc(F)n3)c(=O)c12. The zero-order valence-corrected chi connectivity index (χ0v) is 10.8. The predicted molar refractivity (Wildman–Crippen MR) is 69.7 cm³/mol. The molecule has 3 aromatic rings. The van der Waals surface area contributed by atoms with Gasteiger partial charge in [-0.3, -0.25) is 9.36 Å². The van der Waals surface area contributed by atoms with Crippen molar-refractivity contribution < 1.29 is 4.39 Å². The molecule has 0 fully saturated rings. The number of aryl methyl sites for hydroxylation is 1. The van der Waals surface area contributed by atoms with Gasteiger partial charge in [-0.1, -0.05) is 6.07 Å². The second kappa shape index (κ2) is 4.51. The summed E-state index contributed by atoms with van der Waals surface area (Å²) in [5, 5.41) is 0.518. The van der Waals surface area contributed by atoms with Gasteiger partial charge < -0.3 is 0 Å². The zero-order chi connectivity index (χ0) is 13.4. The van der Waals surface area contributed by atoms with Gasteiger partial charge in [0.15, 0.2) is 4.83 Å². The van der Waals surface area contributed by atoms with Gasteiger partial charge in [-0.2, -0.15) is 8.76 Å². The van der Waals surface area contributed by atoms with E-state index in [-0.39, 0.29) is 12.1 Å². The molecule has 0 atom stereocenters. The highest BCUT2D eigenvalue weighted by atomic mass is 32.1. The van der Waals surface area contributed by atoms with Crippen molar-refractivity contribution in [2.75, 3.05) is 0 Å². The molecule has 0 aromatic carbocycles. The van der Waals surface area contributed by atoms with Gasteiger partial charge in [0.05, 0.1) is 29.6 Å². The Morgan fingerprint density at radius 3 is 3.05 bits per heavy atom. The summed E-state index contributed by atoms with van der Waals surface area (Å²) >= 11 is 1.20. The van der Waals surface area contributed by atoms with Crippen molar-refractivity contribution in [3.8, 4) is 0 Å². The maximum Gasteiger partial charge on any atom is 0.264 e. The monoisotopic (exact) mass is 276 g/mol. The third kappa shape index (κ3) is 2.12. The molecule has 0 bridgehead atoms. The number of hydrogen-bond acceptors (Lipinski definition) is 5. The molecule has 0 radical (unpaired) electrons. The minimum atomic E-state index is -0.562. The van der Waals surface area contributed by atoms with Crippen molar-refractivity contribution in [2.45, 2.75) is 13.5 Å². The Bertz CT molecular complexity index is 811. The first-order valence-electron chi connectivity index (χ1n) is 5.58. The van der Waals surface area contributed by atoms with Crippen molar-refractivity contribution >= 4 is 21.7 Å². The molecular weight excluding hydrogens is 267 g/mol. The van der Waals surface area contributed by atoms with Crippen LogP contribution in [0.25, 0.3) is 10.2 Å². The highest BCUT2D eigenvalue weighted by molar-refractivity contribution is 7.12. The smallest absolute Gasteiger partial charge is 0.264 e. The van der Waals surface area contributed by atoms with E-state index >= 15 is 0 Å². The summed E-state index contributed by atoms with van der Waals surface area (Å²) in [7, 11) is 0. The van der Waals surface area contributed by atoms with Crippen LogP contribution in [0.1, 0.15) is 11.4 Å². The predicted octanol–water partition coefficient (Wildman–Crippen LogP) is 1.74. The number of pyridine rings is 1. The molecule has 0 saturated carbocycles. The van der Waals surface area contributed by atoms with E-state index in [0.717, 1.165) is 0 Å². The number of rotatable bonds is 2. The van der Waals surface area contributed by atoms with Crippen molar-refractivity contribution in [1.82, 2.24) is 18.9 Å². The minimum absolute atomic E-state index is 0.178. The number of aromatic nitrogens is 4. The number of nitrogens with zero attached hydrogens (tertiary/aromatic N) is 4. The van der Waals surface area contributed by atoms with Crippen LogP contribution in [0, 0.1) is 12.9 Å². The van der Waals surface area contributed by atoms with E-state index in [1.807, 2.05) is 0 Å². The maximum absolute atomic E-state index is 13.0. The van der Waals surface area contributed by atoms with Crippen molar-refractivity contribution in [2.24, 2.45) is 0 Å². The van der Waals surface area contributed by atoms with Gasteiger partial charge >= 0.3 is 0 Å². The molecule has 3 aromatic heterocycles. The molecule has 3 rings (SSSR count). The van der Waals surface area contributed by atoms with Crippen molar-refractivity contribution in [3.63, 3.8) is 0 Å². The number of fused-ring (bicyclic) bond motifs is 1. The summed E-state index contributed by atoms with van der Waals surface area (Å²) < 4.78 is 18.5. The summed E-state index contributed by atoms with van der Waals surface area (Å²) in [4.78, 5) is 20.8. The van der Waals surface area contributed by atoms with Gasteiger partial charge in [-0.15, -0.1) is 0 Å². The zero-order valence-electron chi connectivity index (χ0n) is 10.00. The molecule has 0 aliphatic carbocycles. The van der Waals surface area contributed by atoms with E-state index in [4.69, 9.17) is 0 Å². The first kappa shape index (κ1) is 11.9. The number of hydrogen-bond donors (Lipinski definition) is 0. The normalized spacial score (nSPS) is 11.1. The Kier molecular flexibility index (Phi) is 2.83.